The summed E-state index contributed by atoms with van der Waals surface area (Å²) in [7, 11) is 0. The van der Waals surface area contributed by atoms with E-state index in [0.717, 1.165) is 24.1 Å². The summed E-state index contributed by atoms with van der Waals surface area (Å²) in [6.45, 7) is 2.48. The van der Waals surface area contributed by atoms with Crippen LogP contribution in [-0.2, 0) is 24.2 Å². The lowest BCUT2D eigenvalue weighted by molar-refractivity contribution is -0.121. The summed E-state index contributed by atoms with van der Waals surface area (Å²) in [5, 5.41) is 13.3. The van der Waals surface area contributed by atoms with Gasteiger partial charge in [0.25, 0.3) is 0 Å². The highest BCUT2D eigenvalue weighted by Crippen LogP contribution is 2.06. The molecule has 0 unspecified atom stereocenters. The van der Waals surface area contributed by atoms with Crippen LogP contribution in [0.5, 0.6) is 0 Å². The molecule has 0 saturated heterocycles. The molecule has 2 aromatic rings. The molecule has 0 radical (unpaired) electrons. The molecule has 0 saturated carbocycles. The van der Waals surface area contributed by atoms with Crippen LogP contribution in [0.3, 0.4) is 0 Å². The highest BCUT2D eigenvalue weighted by molar-refractivity contribution is 5.76. The third-order valence-corrected chi connectivity index (χ3v) is 2.77. The van der Waals surface area contributed by atoms with Crippen molar-refractivity contribution in [1.82, 2.24) is 20.7 Å². The number of nitrogens with zero attached hydrogens (tertiary/aromatic N) is 2. The monoisotopic (exact) mass is 262 g/mol. The van der Waals surface area contributed by atoms with E-state index in [0.29, 0.717) is 25.1 Å². The maximum atomic E-state index is 11.6. The van der Waals surface area contributed by atoms with Crippen molar-refractivity contribution in [2.45, 2.75) is 39.2 Å². The topological polar surface area (TPSA) is 83.8 Å². The zero-order valence-corrected chi connectivity index (χ0v) is 11.0. The van der Waals surface area contributed by atoms with Crippen molar-refractivity contribution in [1.29, 1.82) is 0 Å². The van der Waals surface area contributed by atoms with E-state index in [1.165, 1.54) is 0 Å². The quantitative estimate of drug-likeness (QED) is 0.793. The van der Waals surface area contributed by atoms with Crippen molar-refractivity contribution in [2.75, 3.05) is 0 Å². The lowest BCUT2D eigenvalue weighted by atomic mass is 10.2. The highest BCUT2D eigenvalue weighted by Gasteiger charge is 2.06. The molecule has 6 heteroatoms. The molecule has 0 fully saturated rings. The second kappa shape index (κ2) is 6.72. The first kappa shape index (κ1) is 13.3. The summed E-state index contributed by atoms with van der Waals surface area (Å²) in [6, 6.07) is 1.89. The van der Waals surface area contributed by atoms with Gasteiger partial charge in [-0.05, 0) is 18.4 Å². The SMILES string of the molecule is CCCc1cc(CNC(=O)CCc2cn[nH]c2)on1. The summed E-state index contributed by atoms with van der Waals surface area (Å²) >= 11 is 0. The van der Waals surface area contributed by atoms with Crippen molar-refractivity contribution >= 4 is 5.91 Å². The standard InChI is InChI=1S/C13H18N4O2/c1-2-3-11-6-12(19-17-11)9-14-13(18)5-4-10-7-15-16-8-10/h6-8H,2-5,9H2,1H3,(H,14,18)(H,15,16). The Morgan fingerprint density at radius 2 is 2.37 bits per heavy atom. The van der Waals surface area contributed by atoms with Crippen LogP contribution in [0.15, 0.2) is 23.0 Å². The van der Waals surface area contributed by atoms with Gasteiger partial charge in [0.1, 0.15) is 0 Å². The minimum Gasteiger partial charge on any atom is -0.359 e. The Hall–Kier alpha value is -2.11. The maximum Gasteiger partial charge on any atom is 0.220 e. The molecule has 0 aliphatic carbocycles. The van der Waals surface area contributed by atoms with E-state index in [9.17, 15) is 4.79 Å². The molecule has 6 nitrogen and oxygen atoms in total. The number of aromatic amines is 1. The predicted molar refractivity (Wildman–Crippen MR) is 69.3 cm³/mol. The first-order chi connectivity index (χ1) is 9.28. The largest absolute Gasteiger partial charge is 0.359 e. The number of H-pyrrole nitrogens is 1. The molecule has 0 aliphatic rings. The lowest BCUT2D eigenvalue weighted by Crippen LogP contribution is -2.22. The molecule has 2 heterocycles. The Balaban J connectivity index is 1.70. The molecule has 0 aromatic carbocycles. The van der Waals surface area contributed by atoms with Crippen LogP contribution in [-0.4, -0.2) is 21.3 Å². The number of nitrogens with one attached hydrogen (secondary N) is 2. The summed E-state index contributed by atoms with van der Waals surface area (Å²) < 4.78 is 5.14. The van der Waals surface area contributed by atoms with Crippen molar-refractivity contribution in [3.63, 3.8) is 0 Å². The average molecular weight is 262 g/mol. The van der Waals surface area contributed by atoms with Gasteiger partial charge in [0.05, 0.1) is 18.4 Å². The van der Waals surface area contributed by atoms with Crippen LogP contribution in [0, 0.1) is 0 Å². The molecule has 19 heavy (non-hydrogen) atoms. The molecule has 0 spiro atoms. The zero-order valence-electron chi connectivity index (χ0n) is 11.0. The minimum atomic E-state index is -0.00496. The van der Waals surface area contributed by atoms with Crippen LogP contribution >= 0.6 is 0 Å². The van der Waals surface area contributed by atoms with Crippen molar-refractivity contribution in [3.05, 3.63) is 35.5 Å². The first-order valence-corrected chi connectivity index (χ1v) is 6.46. The Bertz CT molecular complexity index is 504. The van der Waals surface area contributed by atoms with Crippen LogP contribution in [0.25, 0.3) is 0 Å². The number of amides is 1. The van der Waals surface area contributed by atoms with Gasteiger partial charge in [0.15, 0.2) is 5.76 Å². The van der Waals surface area contributed by atoms with Gasteiger partial charge in [-0.2, -0.15) is 5.10 Å². The van der Waals surface area contributed by atoms with Gasteiger partial charge in [-0.3, -0.25) is 9.89 Å². The van der Waals surface area contributed by atoms with Gasteiger partial charge < -0.3 is 9.84 Å². The molecule has 2 rings (SSSR count). The normalized spacial score (nSPS) is 10.6. The van der Waals surface area contributed by atoms with Crippen molar-refractivity contribution in [3.8, 4) is 0 Å². The molecule has 102 valence electrons. The molecule has 0 atom stereocenters. The Morgan fingerprint density at radius 1 is 1.47 bits per heavy atom. The first-order valence-electron chi connectivity index (χ1n) is 6.46. The second-order valence-corrected chi connectivity index (χ2v) is 4.42. The highest BCUT2D eigenvalue weighted by atomic mass is 16.5. The fraction of sp³-hybridized carbons (Fsp3) is 0.462. The van der Waals surface area contributed by atoms with E-state index in [2.05, 4.69) is 27.6 Å². The third-order valence-electron chi connectivity index (χ3n) is 2.77. The summed E-state index contributed by atoms with van der Waals surface area (Å²) in [5.74, 6) is 0.690. The van der Waals surface area contributed by atoms with Gasteiger partial charge in [-0.1, -0.05) is 18.5 Å². The number of hydrogen-bond acceptors (Lipinski definition) is 4. The van der Waals surface area contributed by atoms with Gasteiger partial charge >= 0.3 is 0 Å². The van der Waals surface area contributed by atoms with Crippen LogP contribution < -0.4 is 5.32 Å². The van der Waals surface area contributed by atoms with E-state index in [-0.39, 0.29) is 5.91 Å². The molecule has 0 bridgehead atoms. The summed E-state index contributed by atoms with van der Waals surface area (Å²) in [6.07, 6.45) is 6.57. The second-order valence-electron chi connectivity index (χ2n) is 4.42. The number of hydrogen-bond donors (Lipinski definition) is 2. The number of rotatable bonds is 7. The van der Waals surface area contributed by atoms with Gasteiger partial charge in [0, 0.05) is 18.7 Å². The minimum absolute atomic E-state index is 0.00496. The zero-order chi connectivity index (χ0) is 13.5. The summed E-state index contributed by atoms with van der Waals surface area (Å²) in [4.78, 5) is 11.6. The maximum absolute atomic E-state index is 11.6. The number of carbonyl (C=O) groups is 1. The van der Waals surface area contributed by atoms with E-state index < -0.39 is 0 Å². The molecule has 2 aromatic heterocycles. The van der Waals surface area contributed by atoms with Crippen molar-refractivity contribution in [2.24, 2.45) is 0 Å². The molecule has 1 amide bonds. The molecular weight excluding hydrogens is 244 g/mol. The molecule has 0 aliphatic heterocycles. The van der Waals surface area contributed by atoms with E-state index in [1.54, 1.807) is 12.4 Å². The van der Waals surface area contributed by atoms with Gasteiger partial charge in [-0.15, -0.1) is 0 Å². The smallest absolute Gasteiger partial charge is 0.220 e. The number of carbonyl (C=O) groups excluding carboxylic acids is 1. The van der Waals surface area contributed by atoms with Gasteiger partial charge in [-0.25, -0.2) is 0 Å². The molecule has 2 N–H and O–H groups in total. The number of aryl methyl sites for hydroxylation is 2. The van der Waals surface area contributed by atoms with Crippen molar-refractivity contribution < 1.29 is 9.32 Å². The average Bonchev–Trinajstić information content (AvgIpc) is 3.05. The van der Waals surface area contributed by atoms with Crippen LogP contribution in [0.2, 0.25) is 0 Å². The molecular formula is C13H18N4O2. The van der Waals surface area contributed by atoms with Gasteiger partial charge in [0.2, 0.25) is 5.91 Å². The van der Waals surface area contributed by atoms with E-state index >= 15 is 0 Å². The fourth-order valence-corrected chi connectivity index (χ4v) is 1.76. The summed E-state index contributed by atoms with van der Waals surface area (Å²) in [5.41, 5.74) is 1.96. The Morgan fingerprint density at radius 3 is 3.11 bits per heavy atom. The number of aromatic nitrogens is 3. The van der Waals surface area contributed by atoms with Crippen LogP contribution in [0.4, 0.5) is 0 Å². The van der Waals surface area contributed by atoms with E-state index in [4.69, 9.17) is 4.52 Å². The predicted octanol–water partition coefficient (Wildman–Crippen LogP) is 1.60. The van der Waals surface area contributed by atoms with Crippen LogP contribution in [0.1, 0.15) is 36.8 Å². The fourth-order valence-electron chi connectivity index (χ4n) is 1.76. The third kappa shape index (κ3) is 4.24. The lowest BCUT2D eigenvalue weighted by Gasteiger charge is -2.01. The Labute approximate surface area is 111 Å². The Kier molecular flexibility index (Phi) is 4.72. The van der Waals surface area contributed by atoms with E-state index in [1.807, 2.05) is 6.07 Å².